The minimum Gasteiger partial charge on any atom is -0.310 e. The Morgan fingerprint density at radius 3 is 3.21 bits per heavy atom. The van der Waals surface area contributed by atoms with Crippen molar-refractivity contribution in [3.05, 3.63) is 35.8 Å². The molecule has 0 fully saturated rings. The molecule has 19 heavy (non-hydrogen) atoms. The number of nitrogens with one attached hydrogen (secondary N) is 1. The van der Waals surface area contributed by atoms with Crippen LogP contribution in [0.3, 0.4) is 0 Å². The van der Waals surface area contributed by atoms with E-state index in [2.05, 4.69) is 27.5 Å². The van der Waals surface area contributed by atoms with Crippen LogP contribution in [-0.4, -0.2) is 26.5 Å². The first-order valence-electron chi connectivity index (χ1n) is 6.98. The van der Waals surface area contributed by atoms with Gasteiger partial charge >= 0.3 is 0 Å². The molecule has 3 rings (SSSR count). The Balaban J connectivity index is 1.92. The third kappa shape index (κ3) is 2.38. The quantitative estimate of drug-likeness (QED) is 0.910. The maximum absolute atomic E-state index is 4.50. The summed E-state index contributed by atoms with van der Waals surface area (Å²) in [6, 6.07) is 4.28. The van der Waals surface area contributed by atoms with Crippen molar-refractivity contribution < 1.29 is 0 Å². The van der Waals surface area contributed by atoms with E-state index >= 15 is 0 Å². The molecule has 0 radical (unpaired) electrons. The first kappa shape index (κ1) is 12.3. The Hall–Kier alpha value is -1.75. The molecule has 0 bridgehead atoms. The van der Waals surface area contributed by atoms with Crippen molar-refractivity contribution in [1.29, 1.82) is 0 Å². The Kier molecular flexibility index (Phi) is 3.55. The van der Waals surface area contributed by atoms with Crippen LogP contribution in [0.25, 0.3) is 5.82 Å². The van der Waals surface area contributed by atoms with Gasteiger partial charge in [0.2, 0.25) is 0 Å². The molecule has 100 valence electrons. The van der Waals surface area contributed by atoms with Crippen molar-refractivity contribution in [2.24, 2.45) is 0 Å². The predicted octanol–water partition coefficient (Wildman–Crippen LogP) is 2.04. The lowest BCUT2D eigenvalue weighted by Gasteiger charge is -2.23. The summed E-state index contributed by atoms with van der Waals surface area (Å²) in [5.74, 6) is 0.805. The highest BCUT2D eigenvalue weighted by molar-refractivity contribution is 5.31. The SMILES string of the molecule is CCCNC1CCCc2c1cnn2-c1cccnn1. The van der Waals surface area contributed by atoms with E-state index in [0.29, 0.717) is 6.04 Å². The van der Waals surface area contributed by atoms with E-state index in [1.807, 2.05) is 23.0 Å². The molecular formula is C14H19N5. The van der Waals surface area contributed by atoms with Gasteiger partial charge in [-0.15, -0.1) is 5.10 Å². The Labute approximate surface area is 113 Å². The number of fused-ring (bicyclic) bond motifs is 1. The lowest BCUT2D eigenvalue weighted by atomic mass is 9.93. The van der Waals surface area contributed by atoms with Crippen LogP contribution in [0.2, 0.25) is 0 Å². The molecule has 5 heteroatoms. The van der Waals surface area contributed by atoms with Crippen molar-refractivity contribution in [1.82, 2.24) is 25.3 Å². The average Bonchev–Trinajstić information content (AvgIpc) is 2.90. The minimum atomic E-state index is 0.439. The fourth-order valence-corrected chi connectivity index (χ4v) is 2.69. The molecule has 1 unspecified atom stereocenters. The van der Waals surface area contributed by atoms with Crippen LogP contribution < -0.4 is 5.32 Å². The summed E-state index contributed by atoms with van der Waals surface area (Å²) >= 11 is 0. The highest BCUT2D eigenvalue weighted by Gasteiger charge is 2.24. The zero-order chi connectivity index (χ0) is 13.1. The van der Waals surface area contributed by atoms with Gasteiger partial charge in [-0.25, -0.2) is 4.68 Å². The Bertz CT molecular complexity index is 534. The molecule has 0 saturated carbocycles. The molecule has 2 aromatic heterocycles. The molecule has 0 amide bonds. The Morgan fingerprint density at radius 2 is 2.42 bits per heavy atom. The molecule has 2 aromatic rings. The van der Waals surface area contributed by atoms with Crippen molar-refractivity contribution in [2.75, 3.05) is 6.54 Å². The van der Waals surface area contributed by atoms with Gasteiger partial charge in [0.25, 0.3) is 0 Å². The van der Waals surface area contributed by atoms with Gasteiger partial charge in [-0.1, -0.05) is 6.92 Å². The van der Waals surface area contributed by atoms with Crippen molar-refractivity contribution in [3.63, 3.8) is 0 Å². The monoisotopic (exact) mass is 257 g/mol. The molecule has 1 aliphatic carbocycles. The van der Waals surface area contributed by atoms with Gasteiger partial charge in [0.15, 0.2) is 5.82 Å². The summed E-state index contributed by atoms with van der Waals surface area (Å²) in [6.07, 6.45) is 8.28. The molecule has 1 N–H and O–H groups in total. The van der Waals surface area contributed by atoms with E-state index in [4.69, 9.17) is 0 Å². The summed E-state index contributed by atoms with van der Waals surface area (Å²) in [5, 5.41) is 16.2. The fourth-order valence-electron chi connectivity index (χ4n) is 2.69. The largest absolute Gasteiger partial charge is 0.310 e. The minimum absolute atomic E-state index is 0.439. The fraction of sp³-hybridized carbons (Fsp3) is 0.500. The van der Waals surface area contributed by atoms with Gasteiger partial charge in [-0.05, 0) is 44.4 Å². The van der Waals surface area contributed by atoms with E-state index < -0.39 is 0 Å². The lowest BCUT2D eigenvalue weighted by molar-refractivity contribution is 0.455. The maximum atomic E-state index is 4.50. The number of hydrogen-bond acceptors (Lipinski definition) is 4. The highest BCUT2D eigenvalue weighted by Crippen LogP contribution is 2.30. The molecule has 1 atom stereocenters. The first-order valence-corrected chi connectivity index (χ1v) is 6.98. The molecule has 5 nitrogen and oxygen atoms in total. The second kappa shape index (κ2) is 5.48. The topological polar surface area (TPSA) is 55.6 Å². The van der Waals surface area contributed by atoms with E-state index in [0.717, 1.165) is 25.2 Å². The molecule has 0 spiro atoms. The van der Waals surface area contributed by atoms with Gasteiger partial charge in [0.05, 0.1) is 11.9 Å². The van der Waals surface area contributed by atoms with Gasteiger partial charge in [0.1, 0.15) is 0 Å². The predicted molar refractivity (Wildman–Crippen MR) is 73.1 cm³/mol. The second-order valence-corrected chi connectivity index (χ2v) is 4.94. The average molecular weight is 257 g/mol. The third-order valence-corrected chi connectivity index (χ3v) is 3.60. The summed E-state index contributed by atoms with van der Waals surface area (Å²) in [7, 11) is 0. The van der Waals surface area contributed by atoms with Gasteiger partial charge in [-0.3, -0.25) is 0 Å². The van der Waals surface area contributed by atoms with Crippen molar-refractivity contribution in [3.8, 4) is 5.82 Å². The zero-order valence-corrected chi connectivity index (χ0v) is 11.2. The summed E-state index contributed by atoms with van der Waals surface area (Å²) in [5.41, 5.74) is 2.60. The maximum Gasteiger partial charge on any atom is 0.175 e. The van der Waals surface area contributed by atoms with Crippen LogP contribution in [0.15, 0.2) is 24.5 Å². The Morgan fingerprint density at radius 1 is 1.47 bits per heavy atom. The molecule has 0 aromatic carbocycles. The molecule has 1 aliphatic rings. The number of hydrogen-bond donors (Lipinski definition) is 1. The van der Waals surface area contributed by atoms with Gasteiger partial charge < -0.3 is 5.32 Å². The van der Waals surface area contributed by atoms with Crippen LogP contribution in [-0.2, 0) is 6.42 Å². The van der Waals surface area contributed by atoms with Crippen LogP contribution in [0, 0.1) is 0 Å². The summed E-state index contributed by atoms with van der Waals surface area (Å²) in [6.45, 7) is 3.25. The van der Waals surface area contributed by atoms with Crippen LogP contribution in [0.4, 0.5) is 0 Å². The van der Waals surface area contributed by atoms with E-state index in [1.165, 1.54) is 24.1 Å². The van der Waals surface area contributed by atoms with Crippen molar-refractivity contribution in [2.45, 2.75) is 38.6 Å². The molecule has 0 saturated heterocycles. The first-order chi connectivity index (χ1) is 9.40. The van der Waals surface area contributed by atoms with Gasteiger partial charge in [-0.2, -0.15) is 10.2 Å². The van der Waals surface area contributed by atoms with E-state index in [9.17, 15) is 0 Å². The number of aromatic nitrogens is 4. The van der Waals surface area contributed by atoms with Crippen LogP contribution >= 0.6 is 0 Å². The smallest absolute Gasteiger partial charge is 0.175 e. The number of nitrogens with zero attached hydrogens (tertiary/aromatic N) is 4. The van der Waals surface area contributed by atoms with Crippen LogP contribution in [0.1, 0.15) is 43.5 Å². The lowest BCUT2D eigenvalue weighted by Crippen LogP contribution is -2.26. The van der Waals surface area contributed by atoms with E-state index in [-0.39, 0.29) is 0 Å². The normalized spacial score (nSPS) is 18.3. The highest BCUT2D eigenvalue weighted by atomic mass is 15.3. The standard InChI is InChI=1S/C14H19N5/c1-2-8-15-12-5-3-6-13-11(12)10-17-19(13)14-7-4-9-16-18-14/h4,7,9-10,12,15H,2-3,5-6,8H2,1H3. The van der Waals surface area contributed by atoms with E-state index in [1.54, 1.807) is 6.20 Å². The van der Waals surface area contributed by atoms with Gasteiger partial charge in [0, 0.05) is 17.8 Å². The second-order valence-electron chi connectivity index (χ2n) is 4.94. The number of rotatable bonds is 4. The van der Waals surface area contributed by atoms with Crippen molar-refractivity contribution >= 4 is 0 Å². The molecular weight excluding hydrogens is 238 g/mol. The summed E-state index contributed by atoms with van der Waals surface area (Å²) < 4.78 is 1.93. The zero-order valence-electron chi connectivity index (χ0n) is 11.2. The van der Waals surface area contributed by atoms with Crippen LogP contribution in [0.5, 0.6) is 0 Å². The third-order valence-electron chi connectivity index (χ3n) is 3.60. The molecule has 0 aliphatic heterocycles. The summed E-state index contributed by atoms with van der Waals surface area (Å²) in [4.78, 5) is 0. The molecule has 2 heterocycles.